The number of nitrogens with two attached hydrogens (primary N) is 1. The number of rotatable bonds is 5. The molecule has 3 N–H and O–H groups in total. The molecule has 0 aromatic heterocycles. The quantitative estimate of drug-likeness (QED) is 0.772. The Labute approximate surface area is 123 Å². The maximum atomic E-state index is 12.0. The van der Waals surface area contributed by atoms with Gasteiger partial charge < -0.3 is 16.0 Å². The summed E-state index contributed by atoms with van der Waals surface area (Å²) in [6, 6.07) is 0. The van der Waals surface area contributed by atoms with E-state index in [0.717, 1.165) is 45.7 Å². The van der Waals surface area contributed by atoms with Crippen LogP contribution < -0.4 is 11.1 Å². The van der Waals surface area contributed by atoms with Crippen molar-refractivity contribution in [3.8, 4) is 0 Å². The van der Waals surface area contributed by atoms with E-state index >= 15 is 0 Å². The Morgan fingerprint density at radius 1 is 1.20 bits per heavy atom. The van der Waals surface area contributed by atoms with E-state index in [1.165, 1.54) is 0 Å². The lowest BCUT2D eigenvalue weighted by molar-refractivity contribution is -0.123. The number of nitrogens with one attached hydrogen (secondary N) is 1. The second-order valence-electron chi connectivity index (χ2n) is 7.07. The fourth-order valence-electron chi connectivity index (χ4n) is 2.54. The van der Waals surface area contributed by atoms with Gasteiger partial charge in [0.05, 0.1) is 6.54 Å². The summed E-state index contributed by atoms with van der Waals surface area (Å²) in [5, 5.41) is 3.03. The Morgan fingerprint density at radius 2 is 1.80 bits per heavy atom. The molecule has 1 heterocycles. The van der Waals surface area contributed by atoms with Gasteiger partial charge in [-0.3, -0.25) is 9.69 Å². The largest absolute Gasteiger partial charge is 0.350 e. The Balaban J connectivity index is 2.35. The summed E-state index contributed by atoms with van der Waals surface area (Å²) in [7, 11) is 0. The minimum absolute atomic E-state index is 0.126. The molecule has 1 amide bonds. The normalized spacial score (nSPS) is 20.4. The first-order chi connectivity index (χ1) is 9.30. The molecule has 0 saturated carbocycles. The monoisotopic (exact) mass is 284 g/mol. The second kappa shape index (κ2) is 7.96. The second-order valence-corrected chi connectivity index (χ2v) is 7.07. The van der Waals surface area contributed by atoms with Gasteiger partial charge in [-0.15, -0.1) is 0 Å². The lowest BCUT2D eigenvalue weighted by Crippen LogP contribution is -2.46. The highest BCUT2D eigenvalue weighted by molar-refractivity contribution is 5.78. The van der Waals surface area contributed by atoms with Crippen LogP contribution in [0.25, 0.3) is 0 Å². The van der Waals surface area contributed by atoms with E-state index in [1.54, 1.807) is 0 Å². The molecule has 5 heteroatoms. The highest BCUT2D eigenvalue weighted by Crippen LogP contribution is 2.06. The van der Waals surface area contributed by atoms with Crippen molar-refractivity contribution in [1.82, 2.24) is 15.1 Å². The molecular formula is C15H32N4O. The van der Waals surface area contributed by atoms with Gasteiger partial charge in [-0.05, 0) is 52.7 Å². The molecule has 0 aromatic carbocycles. The molecule has 1 saturated heterocycles. The third kappa shape index (κ3) is 7.22. The number of carbonyl (C=O) groups is 1. The zero-order valence-electron chi connectivity index (χ0n) is 13.6. The summed E-state index contributed by atoms with van der Waals surface area (Å²) >= 11 is 0. The molecule has 5 nitrogen and oxygen atoms in total. The summed E-state index contributed by atoms with van der Waals surface area (Å²) in [4.78, 5) is 16.7. The van der Waals surface area contributed by atoms with Gasteiger partial charge in [0, 0.05) is 25.2 Å². The molecule has 1 unspecified atom stereocenters. The smallest absolute Gasteiger partial charge is 0.234 e. The first-order valence-corrected chi connectivity index (χ1v) is 7.76. The van der Waals surface area contributed by atoms with Crippen LogP contribution in [0.2, 0.25) is 0 Å². The fraction of sp³-hybridized carbons (Fsp3) is 0.933. The van der Waals surface area contributed by atoms with E-state index in [0.29, 0.717) is 12.5 Å². The van der Waals surface area contributed by atoms with Gasteiger partial charge in [0.15, 0.2) is 0 Å². The molecule has 118 valence electrons. The van der Waals surface area contributed by atoms with Gasteiger partial charge in [-0.2, -0.15) is 0 Å². The Morgan fingerprint density at radius 3 is 2.40 bits per heavy atom. The molecule has 20 heavy (non-hydrogen) atoms. The molecule has 1 aliphatic heterocycles. The van der Waals surface area contributed by atoms with Crippen molar-refractivity contribution < 1.29 is 4.79 Å². The Kier molecular flexibility index (Phi) is 6.92. The third-order valence-corrected chi connectivity index (χ3v) is 3.54. The van der Waals surface area contributed by atoms with Crippen LogP contribution in [0.4, 0.5) is 0 Å². The van der Waals surface area contributed by atoms with E-state index in [2.05, 4.69) is 22.0 Å². The highest BCUT2D eigenvalue weighted by Gasteiger charge is 2.20. The first kappa shape index (κ1) is 17.4. The molecule has 0 aromatic rings. The zero-order chi connectivity index (χ0) is 15.2. The number of amides is 1. The van der Waals surface area contributed by atoms with Gasteiger partial charge in [-0.1, -0.05) is 6.92 Å². The molecule has 1 aliphatic rings. The number of hydrogen-bond acceptors (Lipinski definition) is 4. The molecule has 0 radical (unpaired) electrons. The van der Waals surface area contributed by atoms with Gasteiger partial charge in [0.1, 0.15) is 0 Å². The summed E-state index contributed by atoms with van der Waals surface area (Å²) in [6.45, 7) is 14.7. The van der Waals surface area contributed by atoms with E-state index < -0.39 is 0 Å². The van der Waals surface area contributed by atoms with Gasteiger partial charge in [-0.25, -0.2) is 0 Å². The van der Waals surface area contributed by atoms with Crippen molar-refractivity contribution >= 4 is 5.91 Å². The topological polar surface area (TPSA) is 61.6 Å². The predicted octanol–water partition coefficient (Wildman–Crippen LogP) is 0.504. The molecule has 1 rings (SSSR count). The standard InChI is InChI=1S/C15H32N4O/c1-13(10-16)11-18-6-5-7-19(9-8-18)12-14(20)17-15(2,3)4/h13H,5-12,16H2,1-4H3,(H,17,20). The lowest BCUT2D eigenvalue weighted by Gasteiger charge is -2.25. The molecule has 1 fully saturated rings. The van der Waals surface area contributed by atoms with Crippen LogP contribution >= 0.6 is 0 Å². The predicted molar refractivity (Wildman–Crippen MR) is 83.6 cm³/mol. The maximum absolute atomic E-state index is 12.0. The SMILES string of the molecule is CC(CN)CN1CCCN(CC(=O)NC(C)(C)C)CC1. The molecule has 0 aliphatic carbocycles. The van der Waals surface area contributed by atoms with Crippen molar-refractivity contribution in [2.24, 2.45) is 11.7 Å². The van der Waals surface area contributed by atoms with Crippen molar-refractivity contribution in [3.63, 3.8) is 0 Å². The molecule has 0 bridgehead atoms. The van der Waals surface area contributed by atoms with Crippen molar-refractivity contribution in [3.05, 3.63) is 0 Å². The minimum atomic E-state index is -0.147. The highest BCUT2D eigenvalue weighted by atomic mass is 16.2. The van der Waals surface area contributed by atoms with Crippen LogP contribution in [-0.4, -0.2) is 67.1 Å². The van der Waals surface area contributed by atoms with Gasteiger partial charge in [0.25, 0.3) is 0 Å². The van der Waals surface area contributed by atoms with Gasteiger partial charge in [0.2, 0.25) is 5.91 Å². The van der Waals surface area contributed by atoms with E-state index in [-0.39, 0.29) is 11.4 Å². The third-order valence-electron chi connectivity index (χ3n) is 3.54. The van der Waals surface area contributed by atoms with Crippen LogP contribution in [0, 0.1) is 5.92 Å². The van der Waals surface area contributed by atoms with Gasteiger partial charge >= 0.3 is 0 Å². The van der Waals surface area contributed by atoms with E-state index in [1.807, 2.05) is 20.8 Å². The van der Waals surface area contributed by atoms with Crippen LogP contribution in [0.15, 0.2) is 0 Å². The first-order valence-electron chi connectivity index (χ1n) is 7.76. The Hall–Kier alpha value is -0.650. The van der Waals surface area contributed by atoms with Crippen molar-refractivity contribution in [2.45, 2.75) is 39.7 Å². The fourth-order valence-corrected chi connectivity index (χ4v) is 2.54. The van der Waals surface area contributed by atoms with Crippen LogP contribution in [0.1, 0.15) is 34.1 Å². The summed E-state index contributed by atoms with van der Waals surface area (Å²) in [5.41, 5.74) is 5.54. The molecule has 1 atom stereocenters. The summed E-state index contributed by atoms with van der Waals surface area (Å²) in [6.07, 6.45) is 1.13. The Bertz CT molecular complexity index is 301. The average Bonchev–Trinajstić information content (AvgIpc) is 2.52. The average molecular weight is 284 g/mol. The maximum Gasteiger partial charge on any atom is 0.234 e. The summed E-state index contributed by atoms with van der Waals surface area (Å²) in [5.74, 6) is 0.673. The lowest BCUT2D eigenvalue weighted by atomic mass is 10.1. The number of hydrogen-bond donors (Lipinski definition) is 2. The van der Waals surface area contributed by atoms with Crippen LogP contribution in [0.5, 0.6) is 0 Å². The van der Waals surface area contributed by atoms with Crippen molar-refractivity contribution in [2.75, 3.05) is 45.8 Å². The number of carbonyl (C=O) groups excluding carboxylic acids is 1. The molecular weight excluding hydrogens is 252 g/mol. The van der Waals surface area contributed by atoms with E-state index in [4.69, 9.17) is 5.73 Å². The van der Waals surface area contributed by atoms with E-state index in [9.17, 15) is 4.79 Å². The zero-order valence-corrected chi connectivity index (χ0v) is 13.6. The number of nitrogens with zero attached hydrogens (tertiary/aromatic N) is 2. The van der Waals surface area contributed by atoms with Crippen LogP contribution in [0.3, 0.4) is 0 Å². The minimum Gasteiger partial charge on any atom is -0.350 e. The summed E-state index contributed by atoms with van der Waals surface area (Å²) < 4.78 is 0. The van der Waals surface area contributed by atoms with Crippen molar-refractivity contribution in [1.29, 1.82) is 0 Å². The van der Waals surface area contributed by atoms with Crippen LogP contribution in [-0.2, 0) is 4.79 Å². The molecule has 0 spiro atoms.